The summed E-state index contributed by atoms with van der Waals surface area (Å²) in [6.07, 6.45) is 0. The fourth-order valence-corrected chi connectivity index (χ4v) is 1.63. The molecule has 0 aliphatic carbocycles. The van der Waals surface area contributed by atoms with Crippen molar-refractivity contribution in [2.24, 2.45) is 0 Å². The monoisotopic (exact) mass is 275 g/mol. The van der Waals surface area contributed by atoms with Gasteiger partial charge in [0.15, 0.2) is 5.82 Å². The van der Waals surface area contributed by atoms with Crippen molar-refractivity contribution in [3.05, 3.63) is 41.7 Å². The molecular formula is C14H17N3O3. The van der Waals surface area contributed by atoms with Crippen LogP contribution in [0.4, 0.5) is 5.82 Å². The van der Waals surface area contributed by atoms with Crippen LogP contribution in [0, 0.1) is 6.92 Å². The van der Waals surface area contributed by atoms with Gasteiger partial charge in [-0.2, -0.15) is 0 Å². The van der Waals surface area contributed by atoms with Crippen molar-refractivity contribution in [1.82, 2.24) is 10.5 Å². The molecule has 0 bridgehead atoms. The minimum absolute atomic E-state index is 0.110. The fourth-order valence-electron chi connectivity index (χ4n) is 1.63. The molecule has 2 aromatic rings. The summed E-state index contributed by atoms with van der Waals surface area (Å²) in [5, 5.41) is 9.44. The summed E-state index contributed by atoms with van der Waals surface area (Å²) >= 11 is 0. The Labute approximate surface area is 117 Å². The van der Waals surface area contributed by atoms with E-state index < -0.39 is 0 Å². The van der Waals surface area contributed by atoms with Crippen LogP contribution in [0.1, 0.15) is 11.3 Å². The van der Waals surface area contributed by atoms with Crippen LogP contribution in [-0.4, -0.2) is 24.7 Å². The Kier molecular flexibility index (Phi) is 4.60. The minimum Gasteiger partial charge on any atom is -0.497 e. The summed E-state index contributed by atoms with van der Waals surface area (Å²) in [5.41, 5.74) is 1.01. The zero-order valence-corrected chi connectivity index (χ0v) is 11.5. The van der Waals surface area contributed by atoms with E-state index in [1.165, 1.54) is 0 Å². The van der Waals surface area contributed by atoms with E-state index in [4.69, 9.17) is 9.26 Å². The van der Waals surface area contributed by atoms with Gasteiger partial charge >= 0.3 is 0 Å². The van der Waals surface area contributed by atoms with Gasteiger partial charge in [-0.3, -0.25) is 4.79 Å². The summed E-state index contributed by atoms with van der Waals surface area (Å²) in [4.78, 5) is 11.7. The first-order valence-corrected chi connectivity index (χ1v) is 6.24. The predicted molar refractivity (Wildman–Crippen MR) is 74.6 cm³/mol. The number of aromatic nitrogens is 1. The van der Waals surface area contributed by atoms with Crippen LogP contribution in [0.15, 0.2) is 34.9 Å². The van der Waals surface area contributed by atoms with E-state index in [-0.39, 0.29) is 12.5 Å². The molecule has 0 fully saturated rings. The van der Waals surface area contributed by atoms with Gasteiger partial charge in [-0.05, 0) is 24.6 Å². The molecule has 0 aliphatic rings. The Morgan fingerprint density at radius 1 is 1.35 bits per heavy atom. The number of nitrogens with one attached hydrogen (secondary N) is 2. The zero-order chi connectivity index (χ0) is 14.4. The molecule has 6 nitrogen and oxygen atoms in total. The minimum atomic E-state index is -0.110. The van der Waals surface area contributed by atoms with Gasteiger partial charge in [0.05, 0.1) is 13.7 Å². The van der Waals surface area contributed by atoms with Gasteiger partial charge in [0.1, 0.15) is 11.5 Å². The first-order chi connectivity index (χ1) is 9.67. The van der Waals surface area contributed by atoms with Gasteiger partial charge in [0, 0.05) is 12.6 Å². The lowest BCUT2D eigenvalue weighted by Crippen LogP contribution is -2.29. The normalized spacial score (nSPS) is 10.1. The van der Waals surface area contributed by atoms with E-state index in [1.54, 1.807) is 20.1 Å². The van der Waals surface area contributed by atoms with E-state index >= 15 is 0 Å². The standard InChI is InChI=1S/C14H17N3O3/c1-10-7-13(17-20-10)15-9-14(18)16-8-11-3-5-12(19-2)6-4-11/h3-7H,8-9H2,1-2H3,(H,15,17)(H,16,18). The Hall–Kier alpha value is -2.50. The van der Waals surface area contributed by atoms with Crippen molar-refractivity contribution in [2.45, 2.75) is 13.5 Å². The molecule has 6 heteroatoms. The summed E-state index contributed by atoms with van der Waals surface area (Å²) < 4.78 is 9.96. The second-order valence-corrected chi connectivity index (χ2v) is 4.30. The lowest BCUT2D eigenvalue weighted by atomic mass is 10.2. The van der Waals surface area contributed by atoms with Gasteiger partial charge in [0.25, 0.3) is 0 Å². The van der Waals surface area contributed by atoms with Crippen LogP contribution in [0.5, 0.6) is 5.75 Å². The highest BCUT2D eigenvalue weighted by molar-refractivity contribution is 5.80. The summed E-state index contributed by atoms with van der Waals surface area (Å²) in [5.74, 6) is 1.94. The number of hydrogen-bond acceptors (Lipinski definition) is 5. The molecule has 0 spiro atoms. The maximum atomic E-state index is 11.7. The summed E-state index contributed by atoms with van der Waals surface area (Å²) in [6, 6.07) is 9.27. The second kappa shape index (κ2) is 6.60. The number of benzene rings is 1. The van der Waals surface area contributed by atoms with Gasteiger partial charge in [-0.25, -0.2) is 0 Å². The van der Waals surface area contributed by atoms with Crippen LogP contribution < -0.4 is 15.4 Å². The lowest BCUT2D eigenvalue weighted by molar-refractivity contribution is -0.119. The van der Waals surface area contributed by atoms with Crippen LogP contribution in [-0.2, 0) is 11.3 Å². The number of amides is 1. The smallest absolute Gasteiger partial charge is 0.239 e. The SMILES string of the molecule is COc1ccc(CNC(=O)CNc2cc(C)on2)cc1. The van der Waals surface area contributed by atoms with Crippen molar-refractivity contribution in [2.75, 3.05) is 19.0 Å². The quantitative estimate of drug-likeness (QED) is 0.839. The molecule has 1 aromatic carbocycles. The number of anilines is 1. The van der Waals surface area contributed by atoms with Crippen LogP contribution in [0.2, 0.25) is 0 Å². The van der Waals surface area contributed by atoms with Gasteiger partial charge < -0.3 is 19.9 Å². The molecule has 20 heavy (non-hydrogen) atoms. The molecule has 1 aromatic heterocycles. The van der Waals surface area contributed by atoms with Crippen LogP contribution >= 0.6 is 0 Å². The number of rotatable bonds is 6. The molecule has 0 saturated carbocycles. The van der Waals surface area contributed by atoms with E-state index in [1.807, 2.05) is 24.3 Å². The van der Waals surface area contributed by atoms with Gasteiger partial charge in [-0.15, -0.1) is 0 Å². The molecule has 106 valence electrons. The van der Waals surface area contributed by atoms with Crippen molar-refractivity contribution in [1.29, 1.82) is 0 Å². The number of nitrogens with zero attached hydrogens (tertiary/aromatic N) is 1. The number of hydrogen-bond donors (Lipinski definition) is 2. The zero-order valence-electron chi connectivity index (χ0n) is 11.5. The Bertz CT molecular complexity index is 563. The van der Waals surface area contributed by atoms with E-state index in [9.17, 15) is 4.79 Å². The van der Waals surface area contributed by atoms with Crippen LogP contribution in [0.25, 0.3) is 0 Å². The van der Waals surface area contributed by atoms with E-state index in [2.05, 4.69) is 15.8 Å². The number of aryl methyl sites for hydroxylation is 1. The third-order valence-electron chi connectivity index (χ3n) is 2.71. The van der Waals surface area contributed by atoms with Crippen molar-refractivity contribution in [3.8, 4) is 5.75 Å². The Morgan fingerprint density at radius 3 is 2.70 bits per heavy atom. The average molecular weight is 275 g/mol. The average Bonchev–Trinajstić information content (AvgIpc) is 2.89. The molecule has 1 heterocycles. The first kappa shape index (κ1) is 13.9. The molecule has 0 aliphatic heterocycles. The fraction of sp³-hybridized carbons (Fsp3) is 0.286. The molecule has 0 atom stereocenters. The third kappa shape index (κ3) is 4.01. The lowest BCUT2D eigenvalue weighted by Gasteiger charge is -2.06. The highest BCUT2D eigenvalue weighted by Gasteiger charge is 2.04. The molecular weight excluding hydrogens is 258 g/mol. The molecule has 2 N–H and O–H groups in total. The number of carbonyl (C=O) groups excluding carboxylic acids is 1. The molecule has 1 amide bonds. The summed E-state index contributed by atoms with van der Waals surface area (Å²) in [7, 11) is 1.62. The van der Waals surface area contributed by atoms with Gasteiger partial charge in [-0.1, -0.05) is 17.3 Å². The second-order valence-electron chi connectivity index (χ2n) is 4.30. The number of carbonyl (C=O) groups is 1. The topological polar surface area (TPSA) is 76.4 Å². The molecule has 0 radical (unpaired) electrons. The number of ether oxygens (including phenoxy) is 1. The van der Waals surface area contributed by atoms with Crippen LogP contribution in [0.3, 0.4) is 0 Å². The molecule has 2 rings (SSSR count). The highest BCUT2D eigenvalue weighted by atomic mass is 16.5. The Balaban J connectivity index is 1.74. The third-order valence-corrected chi connectivity index (χ3v) is 2.71. The molecule has 0 unspecified atom stereocenters. The molecule has 0 saturated heterocycles. The predicted octanol–water partition coefficient (Wildman–Crippen LogP) is 1.72. The maximum Gasteiger partial charge on any atom is 0.239 e. The largest absolute Gasteiger partial charge is 0.497 e. The van der Waals surface area contributed by atoms with Crippen molar-refractivity contribution < 1.29 is 14.1 Å². The van der Waals surface area contributed by atoms with Crippen molar-refractivity contribution >= 4 is 11.7 Å². The van der Waals surface area contributed by atoms with E-state index in [0.29, 0.717) is 18.1 Å². The van der Waals surface area contributed by atoms with Crippen molar-refractivity contribution in [3.63, 3.8) is 0 Å². The highest BCUT2D eigenvalue weighted by Crippen LogP contribution is 2.11. The Morgan fingerprint density at radius 2 is 2.10 bits per heavy atom. The van der Waals surface area contributed by atoms with Gasteiger partial charge in [0.2, 0.25) is 5.91 Å². The first-order valence-electron chi connectivity index (χ1n) is 6.24. The maximum absolute atomic E-state index is 11.7. The van der Waals surface area contributed by atoms with E-state index in [0.717, 1.165) is 11.3 Å². The summed E-state index contributed by atoms with van der Waals surface area (Å²) in [6.45, 7) is 2.42. The number of methoxy groups -OCH3 is 1.